The standard InChI is InChI=1S/C16H15NO3/c18-11-17-15-10-13(8-9-14(15)16(19)20)7-6-12-4-2-1-3-5-12/h1-5,8-11H,6-7H2,(H,17,18)(H,19,20). The third kappa shape index (κ3) is 3.45. The third-order valence-electron chi connectivity index (χ3n) is 3.07. The molecule has 2 aromatic carbocycles. The number of aryl methyl sites for hydroxylation is 2. The summed E-state index contributed by atoms with van der Waals surface area (Å²) in [5.41, 5.74) is 2.64. The van der Waals surface area contributed by atoms with Gasteiger partial charge >= 0.3 is 5.97 Å². The van der Waals surface area contributed by atoms with E-state index in [0.29, 0.717) is 12.1 Å². The van der Waals surface area contributed by atoms with Gasteiger partial charge in [0.05, 0.1) is 11.3 Å². The molecule has 0 saturated heterocycles. The molecule has 0 aliphatic carbocycles. The van der Waals surface area contributed by atoms with Gasteiger partial charge in [-0.3, -0.25) is 4.79 Å². The second-order valence-corrected chi connectivity index (χ2v) is 4.43. The number of aromatic carboxylic acids is 1. The molecule has 0 spiro atoms. The summed E-state index contributed by atoms with van der Waals surface area (Å²) in [4.78, 5) is 21.6. The number of carboxylic acids is 1. The van der Waals surface area contributed by atoms with Gasteiger partial charge in [0.1, 0.15) is 0 Å². The van der Waals surface area contributed by atoms with Crippen LogP contribution in [0, 0.1) is 0 Å². The molecule has 1 amide bonds. The highest BCUT2D eigenvalue weighted by atomic mass is 16.4. The lowest BCUT2D eigenvalue weighted by atomic mass is 10.0. The number of carbonyl (C=O) groups is 2. The number of hydrogen-bond acceptors (Lipinski definition) is 2. The number of nitrogens with one attached hydrogen (secondary N) is 1. The second kappa shape index (κ2) is 6.52. The summed E-state index contributed by atoms with van der Waals surface area (Å²) in [6, 6.07) is 15.1. The molecule has 4 heteroatoms. The number of carboxylic acid groups (broad SMARTS) is 1. The molecular formula is C16H15NO3. The Balaban J connectivity index is 2.14. The number of carbonyl (C=O) groups excluding carboxylic acids is 1. The van der Waals surface area contributed by atoms with Crippen LogP contribution in [-0.2, 0) is 17.6 Å². The molecule has 0 radical (unpaired) electrons. The first-order valence-corrected chi connectivity index (χ1v) is 6.31. The number of amides is 1. The zero-order chi connectivity index (χ0) is 14.4. The molecule has 0 fully saturated rings. The molecule has 2 N–H and O–H groups in total. The van der Waals surface area contributed by atoms with Crippen LogP contribution in [0.25, 0.3) is 0 Å². The minimum atomic E-state index is -1.05. The van der Waals surface area contributed by atoms with Crippen molar-refractivity contribution in [3.63, 3.8) is 0 Å². The summed E-state index contributed by atoms with van der Waals surface area (Å²) in [5.74, 6) is -1.05. The van der Waals surface area contributed by atoms with Gasteiger partial charge in [-0.2, -0.15) is 0 Å². The van der Waals surface area contributed by atoms with Crippen LogP contribution in [0.1, 0.15) is 21.5 Å². The Bertz CT molecular complexity index is 608. The lowest BCUT2D eigenvalue weighted by molar-refractivity contribution is -0.105. The summed E-state index contributed by atoms with van der Waals surface area (Å²) < 4.78 is 0. The Morgan fingerprint density at radius 2 is 1.75 bits per heavy atom. The van der Waals surface area contributed by atoms with Crippen molar-refractivity contribution in [2.24, 2.45) is 0 Å². The van der Waals surface area contributed by atoms with Crippen LogP contribution in [0.15, 0.2) is 48.5 Å². The maximum absolute atomic E-state index is 11.0. The molecular weight excluding hydrogens is 254 g/mol. The molecule has 20 heavy (non-hydrogen) atoms. The van der Waals surface area contributed by atoms with Crippen molar-refractivity contribution in [1.29, 1.82) is 0 Å². The van der Waals surface area contributed by atoms with Crippen molar-refractivity contribution in [1.82, 2.24) is 0 Å². The monoisotopic (exact) mass is 269 g/mol. The molecule has 0 atom stereocenters. The van der Waals surface area contributed by atoms with E-state index < -0.39 is 5.97 Å². The van der Waals surface area contributed by atoms with Gasteiger partial charge in [0, 0.05) is 0 Å². The van der Waals surface area contributed by atoms with Crippen LogP contribution < -0.4 is 5.32 Å². The predicted molar refractivity (Wildman–Crippen MR) is 76.9 cm³/mol. The van der Waals surface area contributed by atoms with Crippen LogP contribution in [0.5, 0.6) is 0 Å². The Labute approximate surface area is 117 Å². The summed E-state index contributed by atoms with van der Waals surface area (Å²) in [6.07, 6.45) is 2.15. The van der Waals surface area contributed by atoms with Crippen LogP contribution in [-0.4, -0.2) is 17.5 Å². The van der Waals surface area contributed by atoms with Crippen LogP contribution in [0.4, 0.5) is 5.69 Å². The number of hydrogen-bond donors (Lipinski definition) is 2. The van der Waals surface area contributed by atoms with E-state index in [2.05, 4.69) is 17.4 Å². The van der Waals surface area contributed by atoms with Crippen LogP contribution in [0.3, 0.4) is 0 Å². The van der Waals surface area contributed by atoms with Gasteiger partial charge < -0.3 is 10.4 Å². The zero-order valence-electron chi connectivity index (χ0n) is 10.9. The lowest BCUT2D eigenvalue weighted by Gasteiger charge is -2.08. The van der Waals surface area contributed by atoms with Gasteiger partial charge in [-0.1, -0.05) is 36.4 Å². The van der Waals surface area contributed by atoms with Crippen LogP contribution >= 0.6 is 0 Å². The molecule has 0 aliphatic rings. The summed E-state index contributed by atoms with van der Waals surface area (Å²) in [5, 5.41) is 11.5. The first-order chi connectivity index (χ1) is 9.70. The zero-order valence-corrected chi connectivity index (χ0v) is 10.9. The minimum Gasteiger partial charge on any atom is -0.478 e. The van der Waals surface area contributed by atoms with E-state index >= 15 is 0 Å². The fourth-order valence-corrected chi connectivity index (χ4v) is 2.05. The Kier molecular flexibility index (Phi) is 4.50. The first kappa shape index (κ1) is 13.8. The van der Waals surface area contributed by atoms with Gasteiger partial charge in [0.2, 0.25) is 6.41 Å². The number of rotatable bonds is 6. The highest BCUT2D eigenvalue weighted by molar-refractivity contribution is 5.96. The highest BCUT2D eigenvalue weighted by Gasteiger charge is 2.10. The van der Waals surface area contributed by atoms with Gasteiger partial charge in [-0.25, -0.2) is 4.79 Å². The molecule has 4 nitrogen and oxygen atoms in total. The highest BCUT2D eigenvalue weighted by Crippen LogP contribution is 2.19. The molecule has 0 aromatic heterocycles. The van der Waals surface area contributed by atoms with Gasteiger partial charge in [0.25, 0.3) is 0 Å². The summed E-state index contributed by atoms with van der Waals surface area (Å²) >= 11 is 0. The minimum absolute atomic E-state index is 0.0977. The van der Waals surface area contributed by atoms with E-state index in [0.717, 1.165) is 18.4 Å². The first-order valence-electron chi connectivity index (χ1n) is 6.31. The molecule has 2 rings (SSSR count). The molecule has 0 aliphatic heterocycles. The Morgan fingerprint density at radius 3 is 2.40 bits per heavy atom. The fraction of sp³-hybridized carbons (Fsp3) is 0.125. The van der Waals surface area contributed by atoms with Gasteiger partial charge in [0.15, 0.2) is 0 Å². The van der Waals surface area contributed by atoms with E-state index in [9.17, 15) is 9.59 Å². The molecule has 0 unspecified atom stereocenters. The van der Waals surface area contributed by atoms with Crippen molar-refractivity contribution < 1.29 is 14.7 Å². The van der Waals surface area contributed by atoms with Gasteiger partial charge in [-0.05, 0) is 36.1 Å². The average molecular weight is 269 g/mol. The average Bonchev–Trinajstić information content (AvgIpc) is 2.46. The smallest absolute Gasteiger partial charge is 0.337 e. The maximum Gasteiger partial charge on any atom is 0.337 e. The van der Waals surface area contributed by atoms with Crippen molar-refractivity contribution >= 4 is 18.1 Å². The molecule has 0 bridgehead atoms. The quantitative estimate of drug-likeness (QED) is 0.792. The lowest BCUT2D eigenvalue weighted by Crippen LogP contribution is -2.05. The molecule has 2 aromatic rings. The summed E-state index contributed by atoms with van der Waals surface area (Å²) in [6.45, 7) is 0. The summed E-state index contributed by atoms with van der Waals surface area (Å²) in [7, 11) is 0. The van der Waals surface area contributed by atoms with Crippen molar-refractivity contribution in [3.8, 4) is 0 Å². The SMILES string of the molecule is O=CNc1cc(CCc2ccccc2)ccc1C(=O)O. The van der Waals surface area contributed by atoms with E-state index in [1.807, 2.05) is 18.2 Å². The van der Waals surface area contributed by atoms with Crippen molar-refractivity contribution in [3.05, 3.63) is 65.2 Å². The predicted octanol–water partition coefficient (Wildman–Crippen LogP) is 2.74. The fourth-order valence-electron chi connectivity index (χ4n) is 2.05. The topological polar surface area (TPSA) is 66.4 Å². The van der Waals surface area contributed by atoms with Crippen LogP contribution in [0.2, 0.25) is 0 Å². The molecule has 0 saturated carbocycles. The second-order valence-electron chi connectivity index (χ2n) is 4.43. The normalized spacial score (nSPS) is 10.0. The van der Waals surface area contributed by atoms with E-state index in [1.165, 1.54) is 11.6 Å². The van der Waals surface area contributed by atoms with E-state index in [4.69, 9.17) is 5.11 Å². The number of anilines is 1. The van der Waals surface area contributed by atoms with Gasteiger partial charge in [-0.15, -0.1) is 0 Å². The Hall–Kier alpha value is -2.62. The van der Waals surface area contributed by atoms with E-state index in [-0.39, 0.29) is 5.56 Å². The van der Waals surface area contributed by atoms with Crippen molar-refractivity contribution in [2.45, 2.75) is 12.8 Å². The largest absolute Gasteiger partial charge is 0.478 e. The maximum atomic E-state index is 11.0. The van der Waals surface area contributed by atoms with E-state index in [1.54, 1.807) is 12.1 Å². The third-order valence-corrected chi connectivity index (χ3v) is 3.07. The Morgan fingerprint density at radius 1 is 1.05 bits per heavy atom. The number of benzene rings is 2. The molecule has 0 heterocycles. The molecule has 102 valence electrons. The van der Waals surface area contributed by atoms with Crippen molar-refractivity contribution in [2.75, 3.05) is 5.32 Å².